The van der Waals surface area contributed by atoms with E-state index in [1.807, 2.05) is 19.9 Å². The van der Waals surface area contributed by atoms with Crippen molar-refractivity contribution in [1.29, 1.82) is 0 Å². The van der Waals surface area contributed by atoms with Gasteiger partial charge in [-0.05, 0) is 46.7 Å². The van der Waals surface area contributed by atoms with Gasteiger partial charge < -0.3 is 5.73 Å². The standard InChI is InChI=1S/C23H27BrFN7O2S/c1-4-30(8-9-31(5-2)35(3,33)34)14-20-21(24)22(26)32-23(29-20)18(13-28-32)16-10-15-11-17(25)6-7-19(15)27-12-16/h6-7,10-13H,4-5,8-9,14,26H2,1-3H3. The van der Waals surface area contributed by atoms with Crippen LogP contribution in [0.3, 0.4) is 0 Å². The monoisotopic (exact) mass is 563 g/mol. The number of benzene rings is 1. The molecule has 0 saturated heterocycles. The fraction of sp³-hybridized carbons (Fsp3) is 0.348. The van der Waals surface area contributed by atoms with Crippen LogP contribution in [-0.4, -0.2) is 69.6 Å². The third kappa shape index (κ3) is 5.30. The highest BCUT2D eigenvalue weighted by Gasteiger charge is 2.20. The molecule has 0 saturated carbocycles. The van der Waals surface area contributed by atoms with Gasteiger partial charge in [-0.15, -0.1) is 0 Å². The van der Waals surface area contributed by atoms with Crippen LogP contribution >= 0.6 is 15.9 Å². The van der Waals surface area contributed by atoms with Crippen LogP contribution in [0.5, 0.6) is 0 Å². The van der Waals surface area contributed by atoms with Crippen LogP contribution in [-0.2, 0) is 16.6 Å². The van der Waals surface area contributed by atoms with Crippen molar-refractivity contribution in [2.45, 2.75) is 20.4 Å². The van der Waals surface area contributed by atoms with Crippen molar-refractivity contribution in [3.63, 3.8) is 0 Å². The lowest BCUT2D eigenvalue weighted by Gasteiger charge is -2.25. The Morgan fingerprint density at radius 3 is 2.60 bits per heavy atom. The van der Waals surface area contributed by atoms with Crippen molar-refractivity contribution in [1.82, 2.24) is 28.8 Å². The Kier molecular flexibility index (Phi) is 7.36. The second kappa shape index (κ2) is 10.1. The van der Waals surface area contributed by atoms with E-state index in [1.54, 1.807) is 23.0 Å². The second-order valence-electron chi connectivity index (χ2n) is 8.24. The fourth-order valence-electron chi connectivity index (χ4n) is 3.97. The van der Waals surface area contributed by atoms with Crippen LogP contribution in [0.4, 0.5) is 10.2 Å². The topological polar surface area (TPSA) is 110 Å². The molecule has 0 atom stereocenters. The van der Waals surface area contributed by atoms with E-state index in [2.05, 4.69) is 30.9 Å². The van der Waals surface area contributed by atoms with Crippen molar-refractivity contribution < 1.29 is 12.8 Å². The zero-order valence-corrected chi connectivity index (χ0v) is 22.1. The Hall–Kier alpha value is -2.67. The van der Waals surface area contributed by atoms with Gasteiger partial charge in [0.2, 0.25) is 10.0 Å². The molecule has 4 rings (SSSR count). The Balaban J connectivity index is 1.68. The number of hydrogen-bond donors (Lipinski definition) is 1. The van der Waals surface area contributed by atoms with Gasteiger partial charge in [0, 0.05) is 48.9 Å². The van der Waals surface area contributed by atoms with Gasteiger partial charge in [0.1, 0.15) is 11.6 Å². The maximum absolute atomic E-state index is 13.8. The summed E-state index contributed by atoms with van der Waals surface area (Å²) in [5, 5.41) is 5.08. The highest BCUT2D eigenvalue weighted by Crippen LogP contribution is 2.31. The van der Waals surface area contributed by atoms with E-state index >= 15 is 0 Å². The third-order valence-corrected chi connectivity index (χ3v) is 8.20. The van der Waals surface area contributed by atoms with Crippen LogP contribution in [0.2, 0.25) is 0 Å². The number of fused-ring (bicyclic) bond motifs is 2. The first-order chi connectivity index (χ1) is 16.6. The van der Waals surface area contributed by atoms with E-state index in [0.29, 0.717) is 65.3 Å². The van der Waals surface area contributed by atoms with Crippen molar-refractivity contribution in [3.8, 4) is 11.1 Å². The van der Waals surface area contributed by atoms with Crippen LogP contribution < -0.4 is 5.73 Å². The molecule has 0 fully saturated rings. The lowest BCUT2D eigenvalue weighted by Crippen LogP contribution is -2.38. The maximum atomic E-state index is 13.8. The SMILES string of the molecule is CCN(CCN(CC)S(C)(=O)=O)Cc1nc2c(-c3cnc4ccc(F)cc4c3)cnn2c(N)c1Br. The van der Waals surface area contributed by atoms with Gasteiger partial charge in [0.15, 0.2) is 5.65 Å². The lowest BCUT2D eigenvalue weighted by molar-refractivity contribution is 0.252. The number of nitrogens with zero attached hydrogens (tertiary/aromatic N) is 6. The van der Waals surface area contributed by atoms with Crippen molar-refractivity contribution in [3.05, 3.63) is 52.6 Å². The number of likely N-dealkylation sites (N-methyl/N-ethyl adjacent to an activating group) is 2. The summed E-state index contributed by atoms with van der Waals surface area (Å²) in [6.07, 6.45) is 4.59. The molecule has 0 unspecified atom stereocenters. The molecule has 0 aliphatic rings. The predicted molar refractivity (Wildman–Crippen MR) is 139 cm³/mol. The highest BCUT2D eigenvalue weighted by atomic mass is 79.9. The first-order valence-corrected chi connectivity index (χ1v) is 13.8. The maximum Gasteiger partial charge on any atom is 0.211 e. The predicted octanol–water partition coefficient (Wildman–Crippen LogP) is 3.53. The quantitative estimate of drug-likeness (QED) is 0.331. The molecule has 0 aliphatic heterocycles. The summed E-state index contributed by atoms with van der Waals surface area (Å²) in [6.45, 7) is 6.34. The molecule has 0 amide bonds. The molecule has 0 spiro atoms. The van der Waals surface area contributed by atoms with Crippen LogP contribution in [0.1, 0.15) is 19.5 Å². The van der Waals surface area contributed by atoms with Crippen LogP contribution in [0, 0.1) is 5.82 Å². The smallest absolute Gasteiger partial charge is 0.211 e. The van der Waals surface area contributed by atoms with Crippen LogP contribution in [0.15, 0.2) is 41.1 Å². The lowest BCUT2D eigenvalue weighted by atomic mass is 10.1. The van der Waals surface area contributed by atoms with Gasteiger partial charge in [0.05, 0.1) is 28.1 Å². The number of aromatic nitrogens is 4. The zero-order chi connectivity index (χ0) is 25.3. The summed E-state index contributed by atoms with van der Waals surface area (Å²) in [4.78, 5) is 11.4. The minimum absolute atomic E-state index is 0.331. The van der Waals surface area contributed by atoms with Gasteiger partial charge in [-0.2, -0.15) is 9.61 Å². The number of sulfonamides is 1. The van der Waals surface area contributed by atoms with Crippen LogP contribution in [0.25, 0.3) is 27.7 Å². The molecule has 0 bridgehead atoms. The number of hydrogen-bond acceptors (Lipinski definition) is 7. The van der Waals surface area contributed by atoms with E-state index in [1.165, 1.54) is 22.7 Å². The number of rotatable bonds is 9. The van der Waals surface area contributed by atoms with E-state index in [9.17, 15) is 12.8 Å². The molecule has 1 aromatic carbocycles. The third-order valence-electron chi connectivity index (χ3n) is 5.95. The van der Waals surface area contributed by atoms with Crippen molar-refractivity contribution in [2.24, 2.45) is 0 Å². The molecule has 2 N–H and O–H groups in total. The minimum Gasteiger partial charge on any atom is -0.383 e. The molecule has 4 aromatic rings. The summed E-state index contributed by atoms with van der Waals surface area (Å²) >= 11 is 3.56. The first-order valence-electron chi connectivity index (χ1n) is 11.2. The average molecular weight is 564 g/mol. The van der Waals surface area contributed by atoms with Gasteiger partial charge in [0.25, 0.3) is 0 Å². The summed E-state index contributed by atoms with van der Waals surface area (Å²) in [6, 6.07) is 6.31. The summed E-state index contributed by atoms with van der Waals surface area (Å²) < 4.78 is 41.3. The van der Waals surface area contributed by atoms with Gasteiger partial charge in [-0.25, -0.2) is 22.1 Å². The number of nitrogens with two attached hydrogens (primary N) is 1. The Labute approximate surface area is 211 Å². The highest BCUT2D eigenvalue weighted by molar-refractivity contribution is 9.10. The van der Waals surface area contributed by atoms with E-state index in [4.69, 9.17) is 10.7 Å². The number of anilines is 1. The van der Waals surface area contributed by atoms with Gasteiger partial charge in [-0.1, -0.05) is 13.8 Å². The molecule has 9 nitrogen and oxygen atoms in total. The Bertz CT molecular complexity index is 1490. The number of halogens is 2. The molecular formula is C23H27BrFN7O2S. The summed E-state index contributed by atoms with van der Waals surface area (Å²) in [5.41, 5.74) is 9.81. The zero-order valence-electron chi connectivity index (χ0n) is 19.7. The second-order valence-corrected chi connectivity index (χ2v) is 11.0. The van der Waals surface area contributed by atoms with Gasteiger partial charge >= 0.3 is 0 Å². The Morgan fingerprint density at radius 1 is 1.14 bits per heavy atom. The molecule has 186 valence electrons. The molecule has 0 aliphatic carbocycles. The summed E-state index contributed by atoms with van der Waals surface area (Å²) in [5.74, 6) is 0.0699. The molecule has 0 radical (unpaired) electrons. The first kappa shape index (κ1) is 25.4. The van der Waals surface area contributed by atoms with E-state index < -0.39 is 10.0 Å². The molecule has 12 heteroatoms. The van der Waals surface area contributed by atoms with Gasteiger partial charge in [-0.3, -0.25) is 9.88 Å². The Morgan fingerprint density at radius 2 is 1.91 bits per heavy atom. The average Bonchev–Trinajstić information content (AvgIpc) is 3.24. The molecule has 3 aromatic heterocycles. The number of nitrogen functional groups attached to an aromatic ring is 1. The normalized spacial score (nSPS) is 12.4. The summed E-state index contributed by atoms with van der Waals surface area (Å²) in [7, 11) is -3.26. The van der Waals surface area contributed by atoms with E-state index in [0.717, 1.165) is 11.1 Å². The van der Waals surface area contributed by atoms with Crippen molar-refractivity contribution >= 4 is 48.3 Å². The number of pyridine rings is 1. The van der Waals surface area contributed by atoms with E-state index in [-0.39, 0.29) is 5.82 Å². The minimum atomic E-state index is -3.26. The largest absolute Gasteiger partial charge is 0.383 e. The molecule has 3 heterocycles. The fourth-order valence-corrected chi connectivity index (χ4v) is 5.24. The van der Waals surface area contributed by atoms with Crippen molar-refractivity contribution in [2.75, 3.05) is 38.2 Å². The molecule has 35 heavy (non-hydrogen) atoms. The molecular weight excluding hydrogens is 537 g/mol.